The van der Waals surface area contributed by atoms with E-state index in [9.17, 15) is 0 Å². The van der Waals surface area contributed by atoms with Gasteiger partial charge < -0.3 is 43.7 Å². The molecule has 0 amide bonds. The Morgan fingerprint density at radius 3 is 1.17 bits per heavy atom. The van der Waals surface area contributed by atoms with Crippen molar-refractivity contribution in [2.45, 2.75) is 156 Å². The summed E-state index contributed by atoms with van der Waals surface area (Å²) in [4.78, 5) is 23.4. The van der Waals surface area contributed by atoms with Gasteiger partial charge in [-0.15, -0.1) is 0 Å². The van der Waals surface area contributed by atoms with Crippen LogP contribution in [0.5, 0.6) is 17.2 Å². The molecule has 0 spiro atoms. The van der Waals surface area contributed by atoms with Gasteiger partial charge >= 0.3 is 0 Å². The second kappa shape index (κ2) is 29.7. The van der Waals surface area contributed by atoms with Crippen LogP contribution in [0, 0.1) is 19.7 Å². The lowest BCUT2D eigenvalue weighted by Crippen LogP contribution is -2.19. The zero-order valence-electron chi connectivity index (χ0n) is 76.3. The number of benzene rings is 6. The van der Waals surface area contributed by atoms with Gasteiger partial charge in [-0.25, -0.2) is 14.5 Å². The van der Waals surface area contributed by atoms with Crippen molar-refractivity contribution < 1.29 is 63.4 Å². The van der Waals surface area contributed by atoms with Gasteiger partial charge in [0.05, 0.1) is 46.2 Å². The normalized spacial score (nSPS) is 26.3. The molecule has 18 nitrogen and oxygen atoms in total. The highest BCUT2D eigenvalue weighted by molar-refractivity contribution is 5.74. The molecule has 3 aliphatic rings. The van der Waals surface area contributed by atoms with Crippen LogP contribution in [0.25, 0.3) is 83.1 Å². The topological polar surface area (TPSA) is 194 Å². The summed E-state index contributed by atoms with van der Waals surface area (Å²) in [5.74, 6) is 0.378. The summed E-state index contributed by atoms with van der Waals surface area (Å²) >= 11 is 0. The third-order valence-electron chi connectivity index (χ3n) is 13.0. The largest absolute Gasteiger partial charge is 0.502 e. The van der Waals surface area contributed by atoms with E-state index in [4.69, 9.17) is 83.1 Å². The van der Waals surface area contributed by atoms with Crippen LogP contribution in [0.3, 0.4) is 0 Å². The maximum atomic E-state index is 8.93. The Labute approximate surface area is 564 Å². The zero-order valence-corrected chi connectivity index (χ0v) is 50.3. The Morgan fingerprint density at radius 2 is 0.856 bits per heavy atom. The van der Waals surface area contributed by atoms with Gasteiger partial charge in [-0.3, -0.25) is 0 Å². The van der Waals surface area contributed by atoms with Crippen molar-refractivity contribution in [3.8, 4) is 85.8 Å². The minimum absolute atomic E-state index is 0.00122. The summed E-state index contributed by atoms with van der Waals surface area (Å²) in [6.45, 7) is 29.9. The summed E-state index contributed by atoms with van der Waals surface area (Å²) in [6.07, 6.45) is -25.1. The molecule has 6 aromatic carbocycles. The molecule has 0 aliphatic heterocycles. The molecule has 12 rings (SSSR count). The fourth-order valence-corrected chi connectivity index (χ4v) is 9.12. The van der Waals surface area contributed by atoms with Gasteiger partial charge in [0, 0.05) is 78.8 Å². The van der Waals surface area contributed by atoms with E-state index < -0.39 is 100 Å². The van der Waals surface area contributed by atoms with Crippen LogP contribution in [-0.4, -0.2) is 68.2 Å². The van der Waals surface area contributed by atoms with Crippen molar-refractivity contribution in [2.75, 3.05) is 19.5 Å². The second-order valence-corrected chi connectivity index (χ2v) is 20.1. The summed E-state index contributed by atoms with van der Waals surface area (Å²) in [5, 5.41) is 19.0. The smallest absolute Gasteiger partial charge is 0.256 e. The van der Waals surface area contributed by atoms with Crippen LogP contribution < -0.4 is 30.2 Å². The highest BCUT2D eigenvalue weighted by Crippen LogP contribution is 2.42. The molecule has 0 saturated heterocycles. The van der Waals surface area contributed by atoms with Gasteiger partial charge in [0.1, 0.15) is 17.2 Å². The molecular weight excluding hydrogens is 1130 g/mol. The Bertz CT molecular complexity index is 5390. The van der Waals surface area contributed by atoms with E-state index in [1.54, 1.807) is 25.1 Å². The van der Waals surface area contributed by atoms with Gasteiger partial charge in [-0.1, -0.05) is 90.8 Å². The highest BCUT2D eigenvalue weighted by Gasteiger charge is 2.30. The number of aromatic nitrogens is 6. The maximum Gasteiger partial charge on any atom is 0.256 e. The lowest BCUT2D eigenvalue weighted by Gasteiger charge is -2.13. The van der Waals surface area contributed by atoms with Crippen molar-refractivity contribution in [2.24, 2.45) is 0 Å². The first-order chi connectivity index (χ1) is 53.0. The standard InChI is InChI=1S/3C24H26N4O2/c3*1-5-13-26-20-11-10-17-18(20)7-6-8-19(17)23-27-24(30-28-23)16-9-12-22(29-15(2)3)21(14-16)25-4/h3*6-9,12,14-15,20,26H,5,10-11,13H2,1-3H3/t3*20-/m000/s1/i5D2,10D2,11D2,13D2,15D,20D;10D2,11D2,13D2,15D,20D;5D2,10D2,11D2,15D,20D. The number of rotatable bonds is 21. The molecule has 3 aliphatic carbocycles. The van der Waals surface area contributed by atoms with Crippen LogP contribution in [0.4, 0.5) is 17.1 Å². The van der Waals surface area contributed by atoms with Crippen molar-refractivity contribution in [3.05, 3.63) is 177 Å². The minimum atomic E-state index is -3.06. The van der Waals surface area contributed by atoms with Gasteiger partial charge in [0.2, 0.25) is 34.5 Å². The average Bonchev–Trinajstić information content (AvgIpc) is 1.54. The Hall–Kier alpha value is -9.51. The third kappa shape index (κ3) is 14.6. The van der Waals surface area contributed by atoms with Crippen LogP contribution in [0.15, 0.2) is 123 Å². The van der Waals surface area contributed by atoms with E-state index in [0.29, 0.717) is 16.7 Å². The van der Waals surface area contributed by atoms with E-state index in [1.165, 1.54) is 139 Å². The highest BCUT2D eigenvalue weighted by atomic mass is 16.5. The Morgan fingerprint density at radius 1 is 0.511 bits per heavy atom. The Balaban J connectivity index is 0.000000184. The van der Waals surface area contributed by atoms with Gasteiger partial charge in [-0.05, 0) is 206 Å². The molecule has 90 heavy (non-hydrogen) atoms. The van der Waals surface area contributed by atoms with Crippen molar-refractivity contribution >= 4 is 17.1 Å². The van der Waals surface area contributed by atoms with Crippen LogP contribution in [0.1, 0.15) is 188 Å². The summed E-state index contributed by atoms with van der Waals surface area (Å²) in [7, 11) is 0. The number of nitrogens with one attached hydrogen (secondary N) is 3. The van der Waals surface area contributed by atoms with Crippen molar-refractivity contribution in [3.63, 3.8) is 0 Å². The van der Waals surface area contributed by atoms with Gasteiger partial charge in [0.25, 0.3) is 17.7 Å². The lowest BCUT2D eigenvalue weighted by atomic mass is 10.0. The predicted molar refractivity (Wildman–Crippen MR) is 350 cm³/mol. The SMILES string of the molecule is [2H]C(C)(C)Oc1ccc(-c2nc(-c3cccc4c3C([2H])([2H])C([2H])([2H])[C@]4([2H])NC([2H])([2H])C([2H])([2H])C)no2)cc1[N+]#[C-].[2H]C([2H])(C)CN[C@]1([2H])c2cccc(-c3noc(-c4ccc(OC([2H])(C)C)c([N+]#[C-])c4)n3)c2C([2H])([2H])C1([2H])[2H].[2H]C([2H])(CC)N[C@]1([2H])c2cccc(-c3noc(-c4ccc(OC([2H])(C)C)c([N+]#[C-])c4)n3)c2C([2H])([2H])C1([2H])[2H]. The summed E-state index contributed by atoms with van der Waals surface area (Å²) in [6, 6.07) is 19.1. The molecule has 0 unspecified atom stereocenters. The molecule has 0 bridgehead atoms. The van der Waals surface area contributed by atoms with E-state index >= 15 is 0 Å². The molecule has 0 fully saturated rings. The molecule has 462 valence electrons. The average molecular weight is 1230 g/mol. The van der Waals surface area contributed by atoms with Crippen LogP contribution in [-0.2, 0) is 19.1 Å². The first-order valence-corrected chi connectivity index (χ1v) is 28.0. The fourth-order valence-electron chi connectivity index (χ4n) is 9.12. The van der Waals surface area contributed by atoms with E-state index in [-0.39, 0.29) is 132 Å². The lowest BCUT2D eigenvalue weighted by molar-refractivity contribution is 0.244. The molecule has 9 aromatic rings. The second-order valence-electron chi connectivity index (χ2n) is 20.1. The van der Waals surface area contributed by atoms with Crippen LogP contribution in [0.2, 0.25) is 0 Å². The first kappa shape index (κ1) is 38.1. The number of hydrogen-bond donors (Lipinski definition) is 3. The van der Waals surface area contributed by atoms with E-state index in [0.717, 1.165) is 6.92 Å². The quantitative estimate of drug-likeness (QED) is 0.0575. The number of nitrogens with zero attached hydrogens (tertiary/aromatic N) is 9. The van der Waals surface area contributed by atoms with Gasteiger partial charge in [-0.2, -0.15) is 15.0 Å². The number of hydrogen-bond acceptors (Lipinski definition) is 15. The van der Waals surface area contributed by atoms with E-state index in [1.807, 2.05) is 0 Å². The summed E-state index contributed by atoms with van der Waals surface area (Å²) < 4.78 is 250. The predicted octanol–water partition coefficient (Wildman–Crippen LogP) is 17.2. The summed E-state index contributed by atoms with van der Waals surface area (Å²) in [5.41, 5.74) is 0.784. The molecule has 3 atom stereocenters. The number of ether oxygens (including phenoxy) is 3. The molecular formula is C72H78N12O6. The first-order valence-electron chi connectivity index (χ1n) is 41.0. The van der Waals surface area contributed by atoms with Crippen molar-refractivity contribution in [1.29, 1.82) is 0 Å². The third-order valence-corrected chi connectivity index (χ3v) is 13.0. The Kier molecular flexibility index (Phi) is 12.6. The monoisotopic (exact) mass is 1230 g/mol. The molecule has 3 N–H and O–H groups in total. The zero-order chi connectivity index (χ0) is 86.7. The molecule has 0 radical (unpaired) electrons. The molecule has 3 heterocycles. The molecule has 18 heteroatoms. The van der Waals surface area contributed by atoms with Gasteiger partial charge in [0.15, 0.2) is 0 Å². The molecule has 0 saturated carbocycles. The van der Waals surface area contributed by atoms with Crippen molar-refractivity contribution in [1.82, 2.24) is 46.4 Å². The fraction of sp³-hybridized carbons (Fsp3) is 0.375. The van der Waals surface area contributed by atoms with Crippen LogP contribution >= 0.6 is 0 Å². The number of fused-ring (bicyclic) bond motifs is 3. The molecule has 3 aromatic heterocycles. The minimum Gasteiger partial charge on any atom is -0.502 e. The maximum absolute atomic E-state index is 8.93. The van der Waals surface area contributed by atoms with E-state index in [2.05, 4.69) is 60.9 Å².